The number of nitrogens with one attached hydrogen (secondary N) is 1. The van der Waals surface area contributed by atoms with Crippen LogP contribution >= 0.6 is 22.9 Å². The monoisotopic (exact) mass is 282 g/mol. The van der Waals surface area contributed by atoms with Gasteiger partial charge in [-0.15, -0.1) is 11.3 Å². The maximum atomic E-state index is 5.97. The summed E-state index contributed by atoms with van der Waals surface area (Å²) in [6.07, 6.45) is 0.925. The molecule has 0 atom stereocenters. The highest BCUT2D eigenvalue weighted by Crippen LogP contribution is 2.29. The first-order valence-electron chi connectivity index (χ1n) is 5.61. The largest absolute Gasteiger partial charge is 0.495 e. The first-order valence-corrected chi connectivity index (χ1v) is 6.80. The lowest BCUT2D eigenvalue weighted by atomic mass is 10.2. The highest BCUT2D eigenvalue weighted by atomic mass is 35.5. The molecule has 0 aliphatic heterocycles. The van der Waals surface area contributed by atoms with E-state index >= 15 is 0 Å². The molecule has 0 saturated carbocycles. The van der Waals surface area contributed by atoms with Crippen LogP contribution in [0.2, 0.25) is 4.34 Å². The summed E-state index contributed by atoms with van der Waals surface area (Å²) in [4.78, 5) is 1.26. The molecule has 18 heavy (non-hydrogen) atoms. The standard InChI is InChI=1S/C13H15ClN2OS/c1-17-11-4-2-3-10(13(11)15)16-8-7-9-5-6-12(14)18-9/h2-6,16H,7-8,15H2,1H3. The van der Waals surface area contributed by atoms with Gasteiger partial charge < -0.3 is 15.8 Å². The second kappa shape index (κ2) is 5.98. The second-order valence-corrected chi connectivity index (χ2v) is 5.60. The van der Waals surface area contributed by atoms with Gasteiger partial charge in [0.05, 0.1) is 22.8 Å². The van der Waals surface area contributed by atoms with Gasteiger partial charge in [-0.2, -0.15) is 0 Å². The molecular weight excluding hydrogens is 268 g/mol. The van der Waals surface area contributed by atoms with Crippen molar-refractivity contribution in [1.82, 2.24) is 0 Å². The average molecular weight is 283 g/mol. The van der Waals surface area contributed by atoms with Gasteiger partial charge in [-0.05, 0) is 30.7 Å². The van der Waals surface area contributed by atoms with Crippen LogP contribution in [-0.2, 0) is 6.42 Å². The second-order valence-electron chi connectivity index (χ2n) is 3.80. The lowest BCUT2D eigenvalue weighted by molar-refractivity contribution is 0.417. The van der Waals surface area contributed by atoms with Gasteiger partial charge in [0, 0.05) is 11.4 Å². The Bertz CT molecular complexity index is 527. The maximum Gasteiger partial charge on any atom is 0.143 e. The summed E-state index contributed by atoms with van der Waals surface area (Å²) in [5.74, 6) is 0.694. The van der Waals surface area contributed by atoms with E-state index in [-0.39, 0.29) is 0 Å². The lowest BCUT2D eigenvalue weighted by Crippen LogP contribution is -2.06. The van der Waals surface area contributed by atoms with Crippen LogP contribution in [0.4, 0.5) is 11.4 Å². The molecule has 0 aliphatic rings. The number of halogens is 1. The highest BCUT2D eigenvalue weighted by Gasteiger charge is 2.04. The fraction of sp³-hybridized carbons (Fsp3) is 0.231. The van der Waals surface area contributed by atoms with Gasteiger partial charge in [-0.3, -0.25) is 0 Å². The normalized spacial score (nSPS) is 10.3. The SMILES string of the molecule is COc1cccc(NCCc2ccc(Cl)s2)c1N. The molecule has 1 heterocycles. The van der Waals surface area contributed by atoms with Crippen LogP contribution in [-0.4, -0.2) is 13.7 Å². The van der Waals surface area contributed by atoms with Crippen molar-refractivity contribution in [2.75, 3.05) is 24.7 Å². The smallest absolute Gasteiger partial charge is 0.143 e. The van der Waals surface area contributed by atoms with Crippen molar-refractivity contribution < 1.29 is 4.74 Å². The summed E-state index contributed by atoms with van der Waals surface area (Å²) in [7, 11) is 1.61. The van der Waals surface area contributed by atoms with E-state index in [1.807, 2.05) is 30.3 Å². The Kier molecular flexibility index (Phi) is 4.33. The number of nitrogen functional groups attached to an aromatic ring is 1. The maximum absolute atomic E-state index is 5.97. The number of thiophene rings is 1. The first kappa shape index (κ1) is 13.1. The van der Waals surface area contributed by atoms with Crippen molar-refractivity contribution in [1.29, 1.82) is 0 Å². The number of benzene rings is 1. The van der Waals surface area contributed by atoms with Gasteiger partial charge in [0.25, 0.3) is 0 Å². The third-order valence-corrected chi connectivity index (χ3v) is 3.89. The van der Waals surface area contributed by atoms with Crippen molar-refractivity contribution in [3.8, 4) is 5.75 Å². The molecule has 3 nitrogen and oxygen atoms in total. The summed E-state index contributed by atoms with van der Waals surface area (Å²) in [5.41, 5.74) is 7.51. The van der Waals surface area contributed by atoms with Crippen LogP contribution < -0.4 is 15.8 Å². The molecule has 0 bridgehead atoms. The molecule has 0 spiro atoms. The molecular formula is C13H15ClN2OS. The molecule has 0 amide bonds. The van der Waals surface area contributed by atoms with E-state index in [9.17, 15) is 0 Å². The molecule has 0 radical (unpaired) electrons. The Morgan fingerprint density at radius 1 is 1.33 bits per heavy atom. The first-order chi connectivity index (χ1) is 8.70. The lowest BCUT2D eigenvalue weighted by Gasteiger charge is -2.11. The minimum Gasteiger partial charge on any atom is -0.495 e. The minimum atomic E-state index is 0.643. The number of hydrogen-bond donors (Lipinski definition) is 2. The number of ether oxygens (including phenoxy) is 1. The van der Waals surface area contributed by atoms with Gasteiger partial charge in [0.1, 0.15) is 5.75 Å². The minimum absolute atomic E-state index is 0.643. The van der Waals surface area contributed by atoms with E-state index in [1.165, 1.54) is 4.88 Å². The van der Waals surface area contributed by atoms with Crippen LogP contribution in [0, 0.1) is 0 Å². The van der Waals surface area contributed by atoms with E-state index in [2.05, 4.69) is 5.32 Å². The summed E-state index contributed by atoms with van der Waals surface area (Å²) < 4.78 is 6.00. The third-order valence-electron chi connectivity index (χ3n) is 2.60. The number of para-hydroxylation sites is 1. The van der Waals surface area contributed by atoms with Crippen molar-refractivity contribution in [2.45, 2.75) is 6.42 Å². The molecule has 0 fully saturated rings. The molecule has 1 aromatic heterocycles. The van der Waals surface area contributed by atoms with Gasteiger partial charge in [-0.1, -0.05) is 17.7 Å². The Balaban J connectivity index is 1.94. The topological polar surface area (TPSA) is 47.3 Å². The molecule has 5 heteroatoms. The van der Waals surface area contributed by atoms with Crippen LogP contribution in [0.25, 0.3) is 0 Å². The summed E-state index contributed by atoms with van der Waals surface area (Å²) in [6.45, 7) is 0.814. The Hall–Kier alpha value is -1.39. The fourth-order valence-corrected chi connectivity index (χ4v) is 2.77. The van der Waals surface area contributed by atoms with Crippen molar-refractivity contribution in [3.05, 3.63) is 39.5 Å². The Labute approximate surface area is 116 Å². The molecule has 0 saturated heterocycles. The van der Waals surface area contributed by atoms with Gasteiger partial charge in [0.2, 0.25) is 0 Å². The highest BCUT2D eigenvalue weighted by molar-refractivity contribution is 7.16. The van der Waals surface area contributed by atoms with E-state index in [0.29, 0.717) is 11.4 Å². The Morgan fingerprint density at radius 2 is 2.17 bits per heavy atom. The molecule has 0 aliphatic carbocycles. The molecule has 2 aromatic rings. The fourth-order valence-electron chi connectivity index (χ4n) is 1.68. The van der Waals surface area contributed by atoms with Gasteiger partial charge in [0.15, 0.2) is 0 Å². The number of rotatable bonds is 5. The number of hydrogen-bond acceptors (Lipinski definition) is 4. The van der Waals surface area contributed by atoms with Gasteiger partial charge in [-0.25, -0.2) is 0 Å². The van der Waals surface area contributed by atoms with Gasteiger partial charge >= 0.3 is 0 Å². The molecule has 1 aromatic carbocycles. The van der Waals surface area contributed by atoms with Crippen LogP contribution in [0.5, 0.6) is 5.75 Å². The number of nitrogens with two attached hydrogens (primary N) is 1. The molecule has 2 rings (SSSR count). The van der Waals surface area contributed by atoms with Crippen molar-refractivity contribution >= 4 is 34.3 Å². The molecule has 0 unspecified atom stereocenters. The quantitative estimate of drug-likeness (QED) is 0.823. The van der Waals surface area contributed by atoms with E-state index in [4.69, 9.17) is 22.1 Å². The van der Waals surface area contributed by atoms with Crippen LogP contribution in [0.3, 0.4) is 0 Å². The van der Waals surface area contributed by atoms with Crippen molar-refractivity contribution in [3.63, 3.8) is 0 Å². The molecule has 3 N–H and O–H groups in total. The molecule has 96 valence electrons. The van der Waals surface area contributed by atoms with E-state index in [1.54, 1.807) is 18.4 Å². The Morgan fingerprint density at radius 3 is 2.83 bits per heavy atom. The van der Waals surface area contributed by atoms with Crippen LogP contribution in [0.1, 0.15) is 4.88 Å². The predicted octanol–water partition coefficient (Wildman–Crippen LogP) is 3.65. The summed E-state index contributed by atoms with van der Waals surface area (Å²) in [5, 5.41) is 3.30. The number of anilines is 2. The summed E-state index contributed by atoms with van der Waals surface area (Å²) in [6, 6.07) is 9.67. The zero-order valence-electron chi connectivity index (χ0n) is 10.1. The van der Waals surface area contributed by atoms with Crippen molar-refractivity contribution in [2.24, 2.45) is 0 Å². The zero-order chi connectivity index (χ0) is 13.0. The number of methoxy groups -OCH3 is 1. The van der Waals surface area contributed by atoms with E-state index < -0.39 is 0 Å². The zero-order valence-corrected chi connectivity index (χ0v) is 11.6. The summed E-state index contributed by atoms with van der Waals surface area (Å²) >= 11 is 7.49. The van der Waals surface area contributed by atoms with Crippen LogP contribution in [0.15, 0.2) is 30.3 Å². The van der Waals surface area contributed by atoms with E-state index in [0.717, 1.165) is 23.0 Å². The average Bonchev–Trinajstić information content (AvgIpc) is 2.77. The predicted molar refractivity (Wildman–Crippen MR) is 78.9 cm³/mol. The third kappa shape index (κ3) is 3.09.